The van der Waals surface area contributed by atoms with E-state index in [1.165, 1.54) is 6.26 Å². The molecule has 1 atom stereocenters. The van der Waals surface area contributed by atoms with Crippen molar-refractivity contribution in [2.75, 3.05) is 6.61 Å². The predicted octanol–water partition coefficient (Wildman–Crippen LogP) is 3.45. The van der Waals surface area contributed by atoms with Gasteiger partial charge in [0.25, 0.3) is 0 Å². The van der Waals surface area contributed by atoms with E-state index in [-0.39, 0.29) is 11.5 Å². The molecule has 1 fully saturated rings. The number of ether oxygens (including phenoxy) is 2. The SMILES string of the molecule is Cc1ccc2oc(-c3ccco3)c(OC(=O)C3CCCO3)c(=O)c2c1. The first-order chi connectivity index (χ1) is 12.1. The molecule has 4 rings (SSSR count). The normalized spacial score (nSPS) is 17.1. The highest BCUT2D eigenvalue weighted by Gasteiger charge is 2.29. The van der Waals surface area contributed by atoms with Crippen LogP contribution in [-0.4, -0.2) is 18.7 Å². The molecule has 6 nitrogen and oxygen atoms in total. The fourth-order valence-corrected chi connectivity index (χ4v) is 2.88. The van der Waals surface area contributed by atoms with Crippen LogP contribution < -0.4 is 10.2 Å². The first-order valence-electron chi connectivity index (χ1n) is 8.08. The van der Waals surface area contributed by atoms with Gasteiger partial charge in [-0.15, -0.1) is 0 Å². The first-order valence-corrected chi connectivity index (χ1v) is 8.08. The van der Waals surface area contributed by atoms with Gasteiger partial charge in [-0.1, -0.05) is 11.6 Å². The van der Waals surface area contributed by atoms with Crippen LogP contribution in [0.25, 0.3) is 22.5 Å². The van der Waals surface area contributed by atoms with Crippen LogP contribution in [0.5, 0.6) is 5.75 Å². The minimum Gasteiger partial charge on any atom is -0.461 e. The summed E-state index contributed by atoms with van der Waals surface area (Å²) in [4.78, 5) is 25.3. The Hall–Kier alpha value is -2.86. The molecule has 0 aliphatic carbocycles. The molecule has 0 bridgehead atoms. The van der Waals surface area contributed by atoms with Gasteiger partial charge in [0.1, 0.15) is 5.58 Å². The Morgan fingerprint density at radius 3 is 2.88 bits per heavy atom. The summed E-state index contributed by atoms with van der Waals surface area (Å²) < 4.78 is 21.9. The lowest BCUT2D eigenvalue weighted by atomic mass is 10.1. The number of rotatable bonds is 3. The molecule has 3 heterocycles. The molecule has 1 aliphatic rings. The van der Waals surface area contributed by atoms with E-state index in [1.54, 1.807) is 24.3 Å². The molecule has 0 amide bonds. The smallest absolute Gasteiger partial charge is 0.340 e. The lowest BCUT2D eigenvalue weighted by molar-refractivity contribution is -0.144. The molecular formula is C19H16O6. The number of fused-ring (bicyclic) bond motifs is 1. The Bertz CT molecular complexity index is 977. The van der Waals surface area contributed by atoms with E-state index in [9.17, 15) is 9.59 Å². The van der Waals surface area contributed by atoms with Gasteiger partial charge in [0.05, 0.1) is 11.6 Å². The molecular weight excluding hydrogens is 324 g/mol. The molecule has 0 saturated carbocycles. The molecule has 128 valence electrons. The summed E-state index contributed by atoms with van der Waals surface area (Å²) in [6.45, 7) is 2.38. The molecule has 1 unspecified atom stereocenters. The zero-order chi connectivity index (χ0) is 17.4. The van der Waals surface area contributed by atoms with Gasteiger partial charge in [-0.05, 0) is 44.0 Å². The van der Waals surface area contributed by atoms with E-state index in [2.05, 4.69) is 0 Å². The quantitative estimate of drug-likeness (QED) is 0.680. The van der Waals surface area contributed by atoms with Crippen molar-refractivity contribution in [1.82, 2.24) is 0 Å². The molecule has 0 spiro atoms. The molecule has 3 aromatic rings. The maximum Gasteiger partial charge on any atom is 0.340 e. The summed E-state index contributed by atoms with van der Waals surface area (Å²) in [5.74, 6) is -0.356. The highest BCUT2D eigenvalue weighted by molar-refractivity contribution is 5.85. The zero-order valence-electron chi connectivity index (χ0n) is 13.6. The van der Waals surface area contributed by atoms with Gasteiger partial charge in [-0.2, -0.15) is 0 Å². The highest BCUT2D eigenvalue weighted by Crippen LogP contribution is 2.32. The van der Waals surface area contributed by atoms with Crippen molar-refractivity contribution < 1.29 is 23.1 Å². The highest BCUT2D eigenvalue weighted by atomic mass is 16.6. The Labute approximate surface area is 143 Å². The van der Waals surface area contributed by atoms with E-state index in [4.69, 9.17) is 18.3 Å². The number of benzene rings is 1. The average Bonchev–Trinajstić information content (AvgIpc) is 3.31. The third-order valence-corrected chi connectivity index (χ3v) is 4.14. The zero-order valence-corrected chi connectivity index (χ0v) is 13.6. The maximum absolute atomic E-state index is 12.9. The Morgan fingerprint density at radius 2 is 2.16 bits per heavy atom. The molecule has 0 N–H and O–H groups in total. The van der Waals surface area contributed by atoms with Gasteiger partial charge in [-0.3, -0.25) is 4.79 Å². The summed E-state index contributed by atoms with van der Waals surface area (Å²) in [6.07, 6.45) is 2.17. The molecule has 1 saturated heterocycles. The van der Waals surface area contributed by atoms with E-state index in [0.717, 1.165) is 12.0 Å². The minimum absolute atomic E-state index is 0.0951. The fourth-order valence-electron chi connectivity index (χ4n) is 2.88. The standard InChI is InChI=1S/C19H16O6/c1-11-6-7-13-12(10-11)16(20)18(17(24-13)14-4-2-8-22-14)25-19(21)15-5-3-9-23-15/h2,4,6-8,10,15H,3,5,9H2,1H3. The number of carbonyl (C=O) groups excluding carboxylic acids is 1. The van der Waals surface area contributed by atoms with Gasteiger partial charge in [-0.25, -0.2) is 4.79 Å². The maximum atomic E-state index is 12.9. The predicted molar refractivity (Wildman–Crippen MR) is 89.5 cm³/mol. The number of esters is 1. The van der Waals surface area contributed by atoms with Crippen molar-refractivity contribution >= 4 is 16.9 Å². The van der Waals surface area contributed by atoms with E-state index in [1.807, 2.05) is 13.0 Å². The largest absolute Gasteiger partial charge is 0.461 e. The summed E-state index contributed by atoms with van der Waals surface area (Å²) in [5.41, 5.74) is 0.892. The van der Waals surface area contributed by atoms with Gasteiger partial charge in [0.15, 0.2) is 11.9 Å². The van der Waals surface area contributed by atoms with Crippen LogP contribution in [0.15, 0.2) is 50.2 Å². The average molecular weight is 340 g/mol. The van der Waals surface area contributed by atoms with Crippen LogP contribution in [0, 0.1) is 6.92 Å². The topological polar surface area (TPSA) is 78.9 Å². The second-order valence-corrected chi connectivity index (χ2v) is 5.99. The second-order valence-electron chi connectivity index (χ2n) is 5.99. The summed E-state index contributed by atoms with van der Waals surface area (Å²) in [7, 11) is 0. The van der Waals surface area contributed by atoms with Gasteiger partial charge in [0, 0.05) is 6.61 Å². The summed E-state index contributed by atoms with van der Waals surface area (Å²) in [6, 6.07) is 8.57. The van der Waals surface area contributed by atoms with Crippen LogP contribution in [0.4, 0.5) is 0 Å². The summed E-state index contributed by atoms with van der Waals surface area (Å²) >= 11 is 0. The van der Waals surface area contributed by atoms with Gasteiger partial charge < -0.3 is 18.3 Å². The van der Waals surface area contributed by atoms with Crippen LogP contribution in [-0.2, 0) is 9.53 Å². The van der Waals surface area contributed by atoms with Crippen molar-refractivity contribution in [1.29, 1.82) is 0 Å². The van der Waals surface area contributed by atoms with Crippen molar-refractivity contribution in [2.24, 2.45) is 0 Å². The molecule has 1 aliphatic heterocycles. The molecule has 0 radical (unpaired) electrons. The summed E-state index contributed by atoms with van der Waals surface area (Å²) in [5, 5.41) is 0.352. The third-order valence-electron chi connectivity index (χ3n) is 4.14. The lowest BCUT2D eigenvalue weighted by Crippen LogP contribution is -2.27. The molecule has 2 aromatic heterocycles. The van der Waals surface area contributed by atoms with Crippen LogP contribution in [0.2, 0.25) is 0 Å². The van der Waals surface area contributed by atoms with Crippen LogP contribution in [0.1, 0.15) is 18.4 Å². The third kappa shape index (κ3) is 2.85. The van der Waals surface area contributed by atoms with Crippen molar-refractivity contribution in [3.63, 3.8) is 0 Å². The number of hydrogen-bond donors (Lipinski definition) is 0. The van der Waals surface area contributed by atoms with E-state index < -0.39 is 17.5 Å². The van der Waals surface area contributed by atoms with Gasteiger partial charge in [0.2, 0.25) is 16.9 Å². The second kappa shape index (κ2) is 6.22. The van der Waals surface area contributed by atoms with Crippen LogP contribution >= 0.6 is 0 Å². The van der Waals surface area contributed by atoms with Crippen molar-refractivity contribution in [2.45, 2.75) is 25.9 Å². The lowest BCUT2D eigenvalue weighted by Gasteiger charge is -2.12. The van der Waals surface area contributed by atoms with E-state index >= 15 is 0 Å². The number of carbonyl (C=O) groups is 1. The fraction of sp³-hybridized carbons (Fsp3) is 0.263. The number of aryl methyl sites for hydroxylation is 1. The Balaban J connectivity index is 1.87. The van der Waals surface area contributed by atoms with Gasteiger partial charge >= 0.3 is 5.97 Å². The van der Waals surface area contributed by atoms with Crippen molar-refractivity contribution in [3.05, 3.63) is 52.4 Å². The molecule has 1 aromatic carbocycles. The molecule has 6 heteroatoms. The van der Waals surface area contributed by atoms with E-state index in [0.29, 0.717) is 29.8 Å². The Kier molecular flexibility index (Phi) is 3.89. The first kappa shape index (κ1) is 15.7. The van der Waals surface area contributed by atoms with Crippen LogP contribution in [0.3, 0.4) is 0 Å². The molecule has 25 heavy (non-hydrogen) atoms. The monoisotopic (exact) mass is 340 g/mol. The minimum atomic E-state index is -0.656. The van der Waals surface area contributed by atoms with Crippen molar-refractivity contribution in [3.8, 4) is 17.3 Å². The number of hydrogen-bond acceptors (Lipinski definition) is 6. The number of furan rings is 1. The Morgan fingerprint density at radius 1 is 1.28 bits per heavy atom.